The molecule has 0 radical (unpaired) electrons. The Labute approximate surface area is 154 Å². The highest BCUT2D eigenvalue weighted by atomic mass is 16.5. The molecule has 3 N–H and O–H groups in total. The number of carbonyl (C=O) groups excluding carboxylic acids is 1. The van der Waals surface area contributed by atoms with E-state index in [9.17, 15) is 9.59 Å². The smallest absolute Gasteiger partial charge is 0.335 e. The van der Waals surface area contributed by atoms with Gasteiger partial charge in [0, 0.05) is 5.56 Å². The quantitative estimate of drug-likeness (QED) is 0.459. The van der Waals surface area contributed by atoms with Crippen molar-refractivity contribution in [1.29, 1.82) is 0 Å². The molecular weight excluding hydrogens is 348 g/mol. The largest absolute Gasteiger partial charge is 0.497 e. The zero-order chi connectivity index (χ0) is 19.2. The Balaban J connectivity index is 1.62. The summed E-state index contributed by atoms with van der Waals surface area (Å²) in [5, 5.41) is 19.5. The molecule has 1 amide bonds. The molecule has 0 fully saturated rings. The van der Waals surface area contributed by atoms with Gasteiger partial charge in [-0.2, -0.15) is 10.2 Å². The number of ether oxygens (including phenoxy) is 1. The molecule has 0 aliphatic carbocycles. The summed E-state index contributed by atoms with van der Waals surface area (Å²) in [4.78, 5) is 22.9. The molecule has 2 aromatic carbocycles. The highest BCUT2D eigenvalue weighted by Crippen LogP contribution is 2.21. The minimum Gasteiger partial charge on any atom is -0.497 e. The number of benzene rings is 2. The first kappa shape index (κ1) is 17.9. The number of hydrazone groups is 1. The van der Waals surface area contributed by atoms with Crippen LogP contribution in [-0.2, 0) is 0 Å². The fourth-order valence-corrected chi connectivity index (χ4v) is 2.29. The molecule has 0 saturated carbocycles. The maximum absolute atomic E-state index is 12.1. The molecule has 0 bridgehead atoms. The maximum Gasteiger partial charge on any atom is 0.335 e. The second-order valence-electron chi connectivity index (χ2n) is 5.52. The van der Waals surface area contributed by atoms with Gasteiger partial charge < -0.3 is 9.84 Å². The van der Waals surface area contributed by atoms with E-state index < -0.39 is 11.9 Å². The first-order valence-electron chi connectivity index (χ1n) is 7.93. The van der Waals surface area contributed by atoms with Gasteiger partial charge in [-0.25, -0.2) is 10.2 Å². The van der Waals surface area contributed by atoms with E-state index in [2.05, 4.69) is 20.7 Å². The van der Waals surface area contributed by atoms with Gasteiger partial charge in [-0.3, -0.25) is 9.89 Å². The van der Waals surface area contributed by atoms with E-state index in [4.69, 9.17) is 9.84 Å². The molecular formula is C19H16N4O4. The summed E-state index contributed by atoms with van der Waals surface area (Å²) < 4.78 is 5.11. The van der Waals surface area contributed by atoms with Crippen LogP contribution in [0.4, 0.5) is 0 Å². The minimum absolute atomic E-state index is 0.180. The van der Waals surface area contributed by atoms with Crippen LogP contribution in [0.25, 0.3) is 11.3 Å². The molecule has 1 aromatic heterocycles. The van der Waals surface area contributed by atoms with Gasteiger partial charge in [0.05, 0.1) is 24.6 Å². The summed E-state index contributed by atoms with van der Waals surface area (Å²) in [7, 11) is 1.59. The monoisotopic (exact) mass is 364 g/mol. The highest BCUT2D eigenvalue weighted by molar-refractivity contribution is 5.94. The molecule has 1 heterocycles. The number of hydrogen-bond acceptors (Lipinski definition) is 5. The van der Waals surface area contributed by atoms with E-state index in [-0.39, 0.29) is 11.3 Å². The summed E-state index contributed by atoms with van der Waals surface area (Å²) in [6, 6.07) is 15.0. The number of aromatic nitrogens is 2. The van der Waals surface area contributed by atoms with Gasteiger partial charge >= 0.3 is 5.97 Å². The zero-order valence-corrected chi connectivity index (χ0v) is 14.3. The lowest BCUT2D eigenvalue weighted by Crippen LogP contribution is -2.18. The molecule has 136 valence electrons. The van der Waals surface area contributed by atoms with Crippen LogP contribution in [0.5, 0.6) is 5.75 Å². The molecule has 0 aliphatic heterocycles. The van der Waals surface area contributed by atoms with Gasteiger partial charge in [0.2, 0.25) is 0 Å². The number of carboxylic acid groups (broad SMARTS) is 1. The first-order chi connectivity index (χ1) is 13.1. The fraction of sp³-hybridized carbons (Fsp3) is 0.0526. The zero-order valence-electron chi connectivity index (χ0n) is 14.3. The van der Waals surface area contributed by atoms with Crippen molar-refractivity contribution >= 4 is 18.1 Å². The van der Waals surface area contributed by atoms with Gasteiger partial charge in [-0.15, -0.1) is 0 Å². The van der Waals surface area contributed by atoms with E-state index in [1.807, 2.05) is 24.3 Å². The SMILES string of the molecule is COc1ccc(-c2cc(C(=O)N/N=C\c3ccc(C(=O)O)cc3)[nH]n2)cc1. The number of nitrogens with one attached hydrogen (secondary N) is 2. The van der Waals surface area contributed by atoms with Gasteiger partial charge in [0.1, 0.15) is 11.4 Å². The molecule has 0 atom stereocenters. The number of carbonyl (C=O) groups is 2. The van der Waals surface area contributed by atoms with Crippen LogP contribution >= 0.6 is 0 Å². The number of aromatic amines is 1. The highest BCUT2D eigenvalue weighted by Gasteiger charge is 2.10. The van der Waals surface area contributed by atoms with Crippen LogP contribution in [0.1, 0.15) is 26.4 Å². The fourth-order valence-electron chi connectivity index (χ4n) is 2.29. The van der Waals surface area contributed by atoms with Gasteiger partial charge in [0.25, 0.3) is 5.91 Å². The summed E-state index contributed by atoms with van der Waals surface area (Å²) in [5.41, 5.74) is 4.95. The summed E-state index contributed by atoms with van der Waals surface area (Å²) in [5.74, 6) is -0.711. The molecule has 3 aromatic rings. The van der Waals surface area contributed by atoms with Crippen molar-refractivity contribution in [3.63, 3.8) is 0 Å². The van der Waals surface area contributed by atoms with Crippen LogP contribution in [0.2, 0.25) is 0 Å². The summed E-state index contributed by atoms with van der Waals surface area (Å²) in [6.45, 7) is 0. The van der Waals surface area contributed by atoms with Crippen molar-refractivity contribution in [2.45, 2.75) is 0 Å². The first-order valence-corrected chi connectivity index (χ1v) is 7.93. The maximum atomic E-state index is 12.1. The molecule has 8 nitrogen and oxygen atoms in total. The van der Waals surface area contributed by atoms with Crippen molar-refractivity contribution in [2.24, 2.45) is 5.10 Å². The Morgan fingerprint density at radius 3 is 2.48 bits per heavy atom. The molecule has 0 saturated heterocycles. The van der Waals surface area contributed by atoms with Crippen molar-refractivity contribution in [1.82, 2.24) is 15.6 Å². The van der Waals surface area contributed by atoms with Gasteiger partial charge in [0.15, 0.2) is 0 Å². The number of hydrogen-bond donors (Lipinski definition) is 3. The number of rotatable bonds is 6. The number of carboxylic acids is 1. The third kappa shape index (κ3) is 4.37. The predicted octanol–water partition coefficient (Wildman–Crippen LogP) is 2.55. The summed E-state index contributed by atoms with van der Waals surface area (Å²) >= 11 is 0. The summed E-state index contributed by atoms with van der Waals surface area (Å²) in [6.07, 6.45) is 1.42. The molecule has 8 heteroatoms. The number of methoxy groups -OCH3 is 1. The lowest BCUT2D eigenvalue weighted by molar-refractivity contribution is 0.0696. The second kappa shape index (κ2) is 7.96. The molecule has 3 rings (SSSR count). The standard InChI is InChI=1S/C19H16N4O4/c1-27-15-8-6-13(7-9-15)16-10-17(22-21-16)18(24)23-20-11-12-2-4-14(5-3-12)19(25)26/h2-11H,1H3,(H,21,22)(H,23,24)(H,25,26)/b20-11-. The Kier molecular flexibility index (Phi) is 5.27. The van der Waals surface area contributed by atoms with Gasteiger partial charge in [-0.05, 0) is 48.0 Å². The minimum atomic E-state index is -1.00. The number of nitrogens with zero attached hydrogens (tertiary/aromatic N) is 2. The van der Waals surface area contributed by atoms with Crippen molar-refractivity contribution in [3.8, 4) is 17.0 Å². The van der Waals surface area contributed by atoms with Crippen LogP contribution in [0, 0.1) is 0 Å². The van der Waals surface area contributed by atoms with E-state index in [0.717, 1.165) is 11.3 Å². The van der Waals surface area contributed by atoms with Crippen LogP contribution in [0.15, 0.2) is 59.7 Å². The van der Waals surface area contributed by atoms with Crippen molar-refractivity contribution < 1.29 is 19.4 Å². The molecule has 0 spiro atoms. The Bertz CT molecular complexity index is 976. The second-order valence-corrected chi connectivity index (χ2v) is 5.52. The Morgan fingerprint density at radius 2 is 1.85 bits per heavy atom. The van der Waals surface area contributed by atoms with E-state index >= 15 is 0 Å². The topological polar surface area (TPSA) is 117 Å². The van der Waals surface area contributed by atoms with E-state index in [0.29, 0.717) is 11.3 Å². The van der Waals surface area contributed by atoms with Crippen LogP contribution in [0.3, 0.4) is 0 Å². The van der Waals surface area contributed by atoms with E-state index in [1.54, 1.807) is 25.3 Å². The Morgan fingerprint density at radius 1 is 1.15 bits per heavy atom. The Hall–Kier alpha value is -3.94. The van der Waals surface area contributed by atoms with Crippen LogP contribution < -0.4 is 10.2 Å². The van der Waals surface area contributed by atoms with Crippen molar-refractivity contribution in [3.05, 3.63) is 71.4 Å². The van der Waals surface area contributed by atoms with Crippen molar-refractivity contribution in [2.75, 3.05) is 7.11 Å². The number of amides is 1. The lowest BCUT2D eigenvalue weighted by atomic mass is 10.1. The third-order valence-corrected chi connectivity index (χ3v) is 3.75. The van der Waals surface area contributed by atoms with E-state index in [1.165, 1.54) is 18.3 Å². The van der Waals surface area contributed by atoms with Crippen LogP contribution in [-0.4, -0.2) is 40.5 Å². The normalized spacial score (nSPS) is 10.7. The third-order valence-electron chi connectivity index (χ3n) is 3.75. The average Bonchev–Trinajstić information content (AvgIpc) is 3.19. The number of H-pyrrole nitrogens is 1. The average molecular weight is 364 g/mol. The molecule has 27 heavy (non-hydrogen) atoms. The molecule has 0 aliphatic rings. The number of aromatic carboxylic acids is 1. The lowest BCUT2D eigenvalue weighted by Gasteiger charge is -2.00. The van der Waals surface area contributed by atoms with Gasteiger partial charge in [-0.1, -0.05) is 12.1 Å². The predicted molar refractivity (Wildman–Crippen MR) is 99.0 cm³/mol. The molecule has 0 unspecified atom stereocenters.